The second-order valence-electron chi connectivity index (χ2n) is 5.03. The van der Waals surface area contributed by atoms with E-state index in [1.165, 1.54) is 0 Å². The van der Waals surface area contributed by atoms with Crippen LogP contribution in [0.2, 0.25) is 0 Å². The van der Waals surface area contributed by atoms with E-state index in [0.717, 1.165) is 31.3 Å². The third-order valence-corrected chi connectivity index (χ3v) is 4.60. The van der Waals surface area contributed by atoms with E-state index in [1.807, 2.05) is 0 Å². The van der Waals surface area contributed by atoms with Gasteiger partial charge in [0.25, 0.3) is 0 Å². The Morgan fingerprint density at radius 2 is 2.19 bits per heavy atom. The number of Topliss-reactive ketones (excluding diaryl/α,β-unsaturated/α-hetero) is 1. The van der Waals surface area contributed by atoms with E-state index < -0.39 is 5.97 Å². The highest BCUT2D eigenvalue weighted by atomic mass is 16.4. The molecule has 0 heterocycles. The Morgan fingerprint density at radius 3 is 2.75 bits per heavy atom. The molecule has 3 nitrogen and oxygen atoms in total. The fourth-order valence-corrected chi connectivity index (χ4v) is 3.57. The van der Waals surface area contributed by atoms with Gasteiger partial charge in [-0.25, -0.2) is 4.79 Å². The molecular formula is C13H18O3. The number of rotatable bonds is 2. The molecule has 2 unspecified atom stereocenters. The number of carbonyl (C=O) groups is 2. The first-order valence-electron chi connectivity index (χ1n) is 6.03. The Bertz CT molecular complexity index is 381. The summed E-state index contributed by atoms with van der Waals surface area (Å²) in [6.07, 6.45) is 4.02. The van der Waals surface area contributed by atoms with Gasteiger partial charge in [-0.3, -0.25) is 4.79 Å². The normalized spacial score (nSPS) is 34.1. The van der Waals surface area contributed by atoms with Gasteiger partial charge in [0.15, 0.2) is 5.78 Å². The fourth-order valence-electron chi connectivity index (χ4n) is 3.57. The molecule has 1 saturated carbocycles. The molecule has 0 bridgehead atoms. The summed E-state index contributed by atoms with van der Waals surface area (Å²) in [7, 11) is 0. The standard InChI is InChI=1S/C13H18O3/c1-3-13-7-6-10(14)11(12(15)16)9(13)5-4-8(13)2/h8H,3-7H2,1-2H3,(H,15,16). The first kappa shape index (κ1) is 11.4. The molecule has 1 fully saturated rings. The largest absolute Gasteiger partial charge is 0.478 e. The zero-order valence-corrected chi connectivity index (χ0v) is 9.88. The van der Waals surface area contributed by atoms with E-state index in [2.05, 4.69) is 13.8 Å². The zero-order valence-electron chi connectivity index (χ0n) is 9.88. The Kier molecular flexibility index (Phi) is 2.64. The van der Waals surface area contributed by atoms with E-state index >= 15 is 0 Å². The molecule has 0 aromatic heterocycles. The topological polar surface area (TPSA) is 54.4 Å². The van der Waals surface area contributed by atoms with Crippen LogP contribution in [-0.4, -0.2) is 16.9 Å². The third-order valence-electron chi connectivity index (χ3n) is 4.60. The van der Waals surface area contributed by atoms with Crippen molar-refractivity contribution in [2.45, 2.75) is 46.0 Å². The van der Waals surface area contributed by atoms with Crippen LogP contribution in [0.1, 0.15) is 46.0 Å². The fraction of sp³-hybridized carbons (Fsp3) is 0.692. The molecule has 2 atom stereocenters. The van der Waals surface area contributed by atoms with Crippen molar-refractivity contribution >= 4 is 11.8 Å². The predicted octanol–water partition coefficient (Wildman–Crippen LogP) is 2.56. The number of aliphatic carboxylic acids is 1. The first-order chi connectivity index (χ1) is 7.53. The minimum atomic E-state index is -1.02. The van der Waals surface area contributed by atoms with Crippen LogP contribution in [0.4, 0.5) is 0 Å². The molecule has 0 aromatic carbocycles. The molecule has 88 valence electrons. The van der Waals surface area contributed by atoms with Crippen molar-refractivity contribution in [1.29, 1.82) is 0 Å². The SMILES string of the molecule is CCC12CCC(=O)C(C(=O)O)=C1CCC2C. The van der Waals surface area contributed by atoms with Crippen molar-refractivity contribution in [3.8, 4) is 0 Å². The number of ketones is 1. The number of allylic oxidation sites excluding steroid dienone is 1. The highest BCUT2D eigenvalue weighted by molar-refractivity contribution is 6.18. The molecular weight excluding hydrogens is 204 g/mol. The second-order valence-corrected chi connectivity index (χ2v) is 5.03. The summed E-state index contributed by atoms with van der Waals surface area (Å²) in [5.41, 5.74) is 1.05. The summed E-state index contributed by atoms with van der Waals surface area (Å²) in [5.74, 6) is -0.678. The summed E-state index contributed by atoms with van der Waals surface area (Å²) in [5, 5.41) is 9.17. The quantitative estimate of drug-likeness (QED) is 0.730. The lowest BCUT2D eigenvalue weighted by atomic mass is 9.65. The van der Waals surface area contributed by atoms with Crippen molar-refractivity contribution < 1.29 is 14.7 Å². The van der Waals surface area contributed by atoms with Crippen molar-refractivity contribution in [3.63, 3.8) is 0 Å². The zero-order chi connectivity index (χ0) is 11.9. The molecule has 2 aliphatic rings. The van der Waals surface area contributed by atoms with Crippen molar-refractivity contribution in [3.05, 3.63) is 11.1 Å². The van der Waals surface area contributed by atoms with Crippen LogP contribution in [-0.2, 0) is 9.59 Å². The van der Waals surface area contributed by atoms with Crippen molar-refractivity contribution in [2.24, 2.45) is 11.3 Å². The van der Waals surface area contributed by atoms with Crippen molar-refractivity contribution in [1.82, 2.24) is 0 Å². The maximum Gasteiger partial charge on any atom is 0.339 e. The van der Waals surface area contributed by atoms with Gasteiger partial charge in [-0.2, -0.15) is 0 Å². The molecule has 1 N–H and O–H groups in total. The second kappa shape index (κ2) is 3.72. The van der Waals surface area contributed by atoms with E-state index in [-0.39, 0.29) is 16.8 Å². The van der Waals surface area contributed by atoms with E-state index in [9.17, 15) is 14.7 Å². The number of carbonyl (C=O) groups excluding carboxylic acids is 1. The summed E-state index contributed by atoms with van der Waals surface area (Å²) in [4.78, 5) is 22.9. The molecule has 0 aliphatic heterocycles. The highest BCUT2D eigenvalue weighted by Gasteiger charge is 2.48. The number of fused-ring (bicyclic) bond motifs is 1. The lowest BCUT2D eigenvalue weighted by Crippen LogP contribution is -2.33. The van der Waals surface area contributed by atoms with Crippen LogP contribution < -0.4 is 0 Å². The lowest BCUT2D eigenvalue weighted by Gasteiger charge is -2.38. The monoisotopic (exact) mass is 222 g/mol. The van der Waals surface area contributed by atoms with Crippen LogP contribution in [0.3, 0.4) is 0 Å². The Balaban J connectivity index is 2.58. The number of carboxylic acids is 1. The minimum Gasteiger partial charge on any atom is -0.478 e. The van der Waals surface area contributed by atoms with Gasteiger partial charge in [0, 0.05) is 6.42 Å². The van der Waals surface area contributed by atoms with Gasteiger partial charge in [-0.05, 0) is 42.6 Å². The van der Waals surface area contributed by atoms with Crippen LogP contribution in [0.5, 0.6) is 0 Å². The third kappa shape index (κ3) is 1.34. The summed E-state index contributed by atoms with van der Waals surface area (Å²) in [6.45, 7) is 4.29. The van der Waals surface area contributed by atoms with Crippen LogP contribution >= 0.6 is 0 Å². The maximum absolute atomic E-state index is 11.7. The van der Waals surface area contributed by atoms with Gasteiger partial charge >= 0.3 is 5.97 Å². The van der Waals surface area contributed by atoms with Gasteiger partial charge in [0.1, 0.15) is 5.57 Å². The number of hydrogen-bond donors (Lipinski definition) is 1. The average Bonchev–Trinajstić information content (AvgIpc) is 2.56. The molecule has 3 heteroatoms. The molecule has 0 aromatic rings. The first-order valence-corrected chi connectivity index (χ1v) is 6.03. The van der Waals surface area contributed by atoms with Crippen LogP contribution in [0, 0.1) is 11.3 Å². The summed E-state index contributed by atoms with van der Waals surface area (Å²) in [6, 6.07) is 0. The van der Waals surface area contributed by atoms with Gasteiger partial charge < -0.3 is 5.11 Å². The average molecular weight is 222 g/mol. The summed E-state index contributed by atoms with van der Waals surface area (Å²) < 4.78 is 0. The Labute approximate surface area is 95.5 Å². The lowest BCUT2D eigenvalue weighted by molar-refractivity contribution is -0.135. The molecule has 16 heavy (non-hydrogen) atoms. The van der Waals surface area contributed by atoms with E-state index in [1.54, 1.807) is 0 Å². The molecule has 0 radical (unpaired) electrons. The van der Waals surface area contributed by atoms with Crippen molar-refractivity contribution in [2.75, 3.05) is 0 Å². The smallest absolute Gasteiger partial charge is 0.339 e. The van der Waals surface area contributed by atoms with Crippen LogP contribution in [0.15, 0.2) is 11.1 Å². The van der Waals surface area contributed by atoms with E-state index in [4.69, 9.17) is 0 Å². The molecule has 0 saturated heterocycles. The summed E-state index contributed by atoms with van der Waals surface area (Å²) >= 11 is 0. The van der Waals surface area contributed by atoms with Gasteiger partial charge in [-0.15, -0.1) is 0 Å². The van der Waals surface area contributed by atoms with Gasteiger partial charge in [0.2, 0.25) is 0 Å². The number of carboxylic acid groups (broad SMARTS) is 1. The molecule has 0 amide bonds. The Morgan fingerprint density at radius 1 is 1.50 bits per heavy atom. The van der Waals surface area contributed by atoms with Gasteiger partial charge in [0.05, 0.1) is 0 Å². The maximum atomic E-state index is 11.7. The van der Waals surface area contributed by atoms with E-state index in [0.29, 0.717) is 12.3 Å². The number of hydrogen-bond acceptors (Lipinski definition) is 2. The van der Waals surface area contributed by atoms with Gasteiger partial charge in [-0.1, -0.05) is 13.8 Å². The predicted molar refractivity (Wildman–Crippen MR) is 60.0 cm³/mol. The Hall–Kier alpha value is -1.12. The molecule has 0 spiro atoms. The minimum absolute atomic E-state index is 0.00162. The van der Waals surface area contributed by atoms with Crippen LogP contribution in [0.25, 0.3) is 0 Å². The molecule has 2 rings (SSSR count). The highest BCUT2D eigenvalue weighted by Crippen LogP contribution is 2.56. The molecule has 2 aliphatic carbocycles.